The van der Waals surface area contributed by atoms with Crippen molar-refractivity contribution in [1.82, 2.24) is 5.32 Å². The largest absolute Gasteiger partial charge is 0.376 e. The van der Waals surface area contributed by atoms with Crippen LogP contribution in [0, 0.1) is 5.92 Å². The van der Waals surface area contributed by atoms with Crippen LogP contribution in [0.2, 0.25) is 0 Å². The zero-order chi connectivity index (χ0) is 13.8. The number of ether oxygens (including phenoxy) is 1. The average Bonchev–Trinajstić information content (AvgIpc) is 2.83. The van der Waals surface area contributed by atoms with Crippen molar-refractivity contribution in [3.63, 3.8) is 0 Å². The Kier molecular flexibility index (Phi) is 6.46. The lowest BCUT2D eigenvalue weighted by atomic mass is 9.94. The number of nitrogens with two attached hydrogens (primary N) is 1. The van der Waals surface area contributed by atoms with E-state index < -0.39 is 0 Å². The SMILES string of the molecule is CC1OCCC1NC(=O)C(C)C(N)c1ccccc1.Cl. The Balaban J connectivity index is 0.00000200. The van der Waals surface area contributed by atoms with Gasteiger partial charge in [0.15, 0.2) is 0 Å². The highest BCUT2D eigenvalue weighted by Crippen LogP contribution is 2.20. The number of halogens is 1. The monoisotopic (exact) mass is 298 g/mol. The van der Waals surface area contributed by atoms with Crippen LogP contribution in [-0.2, 0) is 9.53 Å². The van der Waals surface area contributed by atoms with Gasteiger partial charge in [-0.2, -0.15) is 0 Å². The summed E-state index contributed by atoms with van der Waals surface area (Å²) >= 11 is 0. The lowest BCUT2D eigenvalue weighted by molar-refractivity contribution is -0.126. The molecule has 112 valence electrons. The normalized spacial score (nSPS) is 24.6. The van der Waals surface area contributed by atoms with Crippen LogP contribution in [0.3, 0.4) is 0 Å². The van der Waals surface area contributed by atoms with Crippen LogP contribution in [0.5, 0.6) is 0 Å². The quantitative estimate of drug-likeness (QED) is 0.894. The summed E-state index contributed by atoms with van der Waals surface area (Å²) in [6, 6.07) is 9.56. The van der Waals surface area contributed by atoms with Crippen LogP contribution in [-0.4, -0.2) is 24.7 Å². The molecule has 0 aromatic heterocycles. The molecule has 0 bridgehead atoms. The fourth-order valence-corrected chi connectivity index (χ4v) is 2.36. The molecule has 1 aromatic rings. The van der Waals surface area contributed by atoms with Crippen molar-refractivity contribution in [1.29, 1.82) is 0 Å². The van der Waals surface area contributed by atoms with E-state index in [1.807, 2.05) is 44.2 Å². The average molecular weight is 299 g/mol. The van der Waals surface area contributed by atoms with E-state index in [1.54, 1.807) is 0 Å². The Morgan fingerprint density at radius 2 is 2.05 bits per heavy atom. The van der Waals surface area contributed by atoms with Crippen molar-refractivity contribution in [3.05, 3.63) is 35.9 Å². The van der Waals surface area contributed by atoms with Gasteiger partial charge in [-0.1, -0.05) is 37.3 Å². The molecule has 1 aromatic carbocycles. The Bertz CT molecular complexity index is 427. The molecule has 0 aliphatic carbocycles. The second-order valence-corrected chi connectivity index (χ2v) is 5.20. The molecule has 4 unspecified atom stereocenters. The van der Waals surface area contributed by atoms with E-state index in [-0.39, 0.29) is 42.4 Å². The topological polar surface area (TPSA) is 64.3 Å². The van der Waals surface area contributed by atoms with E-state index in [4.69, 9.17) is 10.5 Å². The third kappa shape index (κ3) is 3.95. The molecule has 4 nitrogen and oxygen atoms in total. The highest BCUT2D eigenvalue weighted by atomic mass is 35.5. The predicted octanol–water partition coefficient (Wildman–Crippen LogP) is 2.04. The summed E-state index contributed by atoms with van der Waals surface area (Å²) < 4.78 is 5.45. The Morgan fingerprint density at radius 1 is 1.40 bits per heavy atom. The molecule has 1 aliphatic rings. The molecule has 1 aliphatic heterocycles. The molecule has 0 spiro atoms. The molecule has 20 heavy (non-hydrogen) atoms. The van der Waals surface area contributed by atoms with Crippen molar-refractivity contribution < 1.29 is 9.53 Å². The van der Waals surface area contributed by atoms with Gasteiger partial charge >= 0.3 is 0 Å². The molecule has 0 saturated carbocycles. The maximum atomic E-state index is 12.2. The molecule has 1 heterocycles. The van der Waals surface area contributed by atoms with E-state index in [0.29, 0.717) is 6.61 Å². The number of amides is 1. The van der Waals surface area contributed by atoms with E-state index in [9.17, 15) is 4.79 Å². The summed E-state index contributed by atoms with van der Waals surface area (Å²) in [5, 5.41) is 3.04. The number of nitrogens with one attached hydrogen (secondary N) is 1. The first kappa shape index (κ1) is 17.0. The van der Waals surface area contributed by atoms with Crippen molar-refractivity contribution in [3.8, 4) is 0 Å². The molecule has 5 heteroatoms. The van der Waals surface area contributed by atoms with Gasteiger partial charge in [-0.15, -0.1) is 12.4 Å². The molecule has 3 N–H and O–H groups in total. The van der Waals surface area contributed by atoms with Gasteiger partial charge in [-0.3, -0.25) is 4.79 Å². The lowest BCUT2D eigenvalue weighted by Gasteiger charge is -2.23. The summed E-state index contributed by atoms with van der Waals surface area (Å²) in [5.74, 6) is -0.256. The molecule has 0 radical (unpaired) electrons. The minimum absolute atomic E-state index is 0. The highest BCUT2D eigenvalue weighted by Gasteiger charge is 2.29. The fraction of sp³-hybridized carbons (Fsp3) is 0.533. The zero-order valence-electron chi connectivity index (χ0n) is 11.9. The zero-order valence-corrected chi connectivity index (χ0v) is 12.7. The maximum Gasteiger partial charge on any atom is 0.225 e. The minimum Gasteiger partial charge on any atom is -0.376 e. The standard InChI is InChI=1S/C15H22N2O2.ClH/c1-10(14(16)12-6-4-3-5-7-12)15(18)17-13-8-9-19-11(13)2;/h3-7,10-11,13-14H,8-9,16H2,1-2H3,(H,17,18);1H. The molecular formula is C15H23ClN2O2. The minimum atomic E-state index is -0.279. The molecule has 1 amide bonds. The Hall–Kier alpha value is -1.10. The van der Waals surface area contributed by atoms with Gasteiger partial charge in [0.05, 0.1) is 18.1 Å². The third-order valence-corrected chi connectivity index (χ3v) is 3.84. The van der Waals surface area contributed by atoms with Crippen molar-refractivity contribution in [2.45, 2.75) is 38.5 Å². The van der Waals surface area contributed by atoms with Gasteiger partial charge in [0.2, 0.25) is 5.91 Å². The van der Waals surface area contributed by atoms with Crippen LogP contribution < -0.4 is 11.1 Å². The van der Waals surface area contributed by atoms with Crippen molar-refractivity contribution >= 4 is 18.3 Å². The third-order valence-electron chi connectivity index (χ3n) is 3.84. The first-order valence-corrected chi connectivity index (χ1v) is 6.82. The van der Waals surface area contributed by atoms with Crippen LogP contribution in [0.25, 0.3) is 0 Å². The molecule has 4 atom stereocenters. The summed E-state index contributed by atoms with van der Waals surface area (Å²) in [7, 11) is 0. The van der Waals surface area contributed by atoms with Crippen molar-refractivity contribution in [2.75, 3.05) is 6.61 Å². The van der Waals surface area contributed by atoms with Gasteiger partial charge in [-0.05, 0) is 18.9 Å². The van der Waals surface area contributed by atoms with E-state index in [1.165, 1.54) is 0 Å². The molecular weight excluding hydrogens is 276 g/mol. The van der Waals surface area contributed by atoms with E-state index >= 15 is 0 Å². The number of benzene rings is 1. The van der Waals surface area contributed by atoms with Crippen LogP contribution in [0.1, 0.15) is 31.9 Å². The summed E-state index contributed by atoms with van der Waals surface area (Å²) in [5.41, 5.74) is 7.14. The molecule has 1 fully saturated rings. The molecule has 1 saturated heterocycles. The summed E-state index contributed by atoms with van der Waals surface area (Å²) in [6.07, 6.45) is 0.962. The van der Waals surface area contributed by atoms with Gasteiger partial charge in [0.25, 0.3) is 0 Å². The Labute approximate surface area is 126 Å². The number of hydrogen-bond acceptors (Lipinski definition) is 3. The first-order valence-electron chi connectivity index (χ1n) is 6.82. The van der Waals surface area contributed by atoms with Gasteiger partial charge in [0, 0.05) is 12.6 Å². The fourth-order valence-electron chi connectivity index (χ4n) is 2.36. The van der Waals surface area contributed by atoms with Gasteiger partial charge in [-0.25, -0.2) is 0 Å². The molecule has 2 rings (SSSR count). The van der Waals surface area contributed by atoms with Gasteiger partial charge in [0.1, 0.15) is 0 Å². The second kappa shape index (κ2) is 7.62. The predicted molar refractivity (Wildman–Crippen MR) is 81.7 cm³/mol. The number of hydrogen-bond donors (Lipinski definition) is 2. The van der Waals surface area contributed by atoms with E-state index in [2.05, 4.69) is 5.32 Å². The van der Waals surface area contributed by atoms with Crippen LogP contribution in [0.15, 0.2) is 30.3 Å². The Morgan fingerprint density at radius 3 is 2.60 bits per heavy atom. The van der Waals surface area contributed by atoms with Crippen molar-refractivity contribution in [2.24, 2.45) is 11.7 Å². The number of carbonyl (C=O) groups is 1. The lowest BCUT2D eigenvalue weighted by Crippen LogP contribution is -2.44. The highest BCUT2D eigenvalue weighted by molar-refractivity contribution is 5.85. The second-order valence-electron chi connectivity index (χ2n) is 5.20. The smallest absolute Gasteiger partial charge is 0.225 e. The van der Waals surface area contributed by atoms with Crippen LogP contribution >= 0.6 is 12.4 Å². The maximum absolute atomic E-state index is 12.2. The summed E-state index contributed by atoms with van der Waals surface area (Å²) in [4.78, 5) is 12.2. The summed E-state index contributed by atoms with van der Waals surface area (Å²) in [6.45, 7) is 4.57. The van der Waals surface area contributed by atoms with Gasteiger partial charge < -0.3 is 15.8 Å². The van der Waals surface area contributed by atoms with E-state index in [0.717, 1.165) is 12.0 Å². The van der Waals surface area contributed by atoms with Crippen LogP contribution in [0.4, 0.5) is 0 Å². The number of carbonyl (C=O) groups excluding carboxylic acids is 1. The first-order chi connectivity index (χ1) is 9.09. The number of rotatable bonds is 4.